The van der Waals surface area contributed by atoms with Crippen molar-refractivity contribution in [2.24, 2.45) is 0 Å². The highest BCUT2D eigenvalue weighted by atomic mass is 35.7. The molecule has 1 aromatic rings. The largest absolute Gasteiger partial charge is 0.397 e. The van der Waals surface area contributed by atoms with Gasteiger partial charge in [-0.3, -0.25) is 4.98 Å². The maximum Gasteiger partial charge on any atom is 0.282 e. The second-order valence-corrected chi connectivity index (χ2v) is 4.95. The highest BCUT2D eigenvalue weighted by Gasteiger charge is 2.17. The van der Waals surface area contributed by atoms with Gasteiger partial charge in [0.25, 0.3) is 15.5 Å². The highest BCUT2D eigenvalue weighted by Crippen LogP contribution is 2.25. The van der Waals surface area contributed by atoms with E-state index >= 15 is 0 Å². The fourth-order valence-electron chi connectivity index (χ4n) is 0.788. The highest BCUT2D eigenvalue weighted by molar-refractivity contribution is 8.13. The van der Waals surface area contributed by atoms with Crippen molar-refractivity contribution in [2.75, 3.05) is 5.73 Å². The summed E-state index contributed by atoms with van der Waals surface area (Å²) in [6.45, 7) is 0. The summed E-state index contributed by atoms with van der Waals surface area (Å²) >= 11 is 0. The monoisotopic (exact) mass is 242 g/mol. The number of rotatable bonds is 2. The predicted molar refractivity (Wildman–Crippen MR) is 46.6 cm³/mol. The topological polar surface area (TPSA) is 73.1 Å². The minimum absolute atomic E-state index is 0.401. The molecule has 0 radical (unpaired) electrons. The Morgan fingerprint density at radius 3 is 2.43 bits per heavy atom. The second kappa shape index (κ2) is 3.66. The zero-order valence-electron chi connectivity index (χ0n) is 6.62. The number of nitrogens with zero attached hydrogens (tertiary/aromatic N) is 1. The van der Waals surface area contributed by atoms with Gasteiger partial charge in [0.2, 0.25) is 0 Å². The first-order chi connectivity index (χ1) is 6.32. The van der Waals surface area contributed by atoms with Crippen molar-refractivity contribution in [3.8, 4) is 0 Å². The van der Waals surface area contributed by atoms with Crippen molar-refractivity contribution >= 4 is 25.4 Å². The zero-order valence-corrected chi connectivity index (χ0v) is 8.19. The number of nitrogens with two attached hydrogens (primary N) is 1. The Kier molecular flexibility index (Phi) is 2.91. The van der Waals surface area contributed by atoms with E-state index in [-0.39, 0.29) is 0 Å². The molecule has 1 rings (SSSR count). The van der Waals surface area contributed by atoms with Gasteiger partial charge in [0.1, 0.15) is 10.6 Å². The minimum Gasteiger partial charge on any atom is -0.397 e. The average Bonchev–Trinajstić information content (AvgIpc) is 2.01. The van der Waals surface area contributed by atoms with Crippen LogP contribution in [0.25, 0.3) is 0 Å². The van der Waals surface area contributed by atoms with Crippen LogP contribution in [0.5, 0.6) is 0 Å². The number of hydrogen-bond donors (Lipinski definition) is 1. The lowest BCUT2D eigenvalue weighted by molar-refractivity contribution is 0.147. The summed E-state index contributed by atoms with van der Waals surface area (Å²) in [5, 5.41) is 0. The summed E-state index contributed by atoms with van der Waals surface area (Å²) in [6.07, 6.45) is -2.11. The van der Waals surface area contributed by atoms with Gasteiger partial charge in [-0.25, -0.2) is 17.2 Å². The maximum absolute atomic E-state index is 12.1. The van der Waals surface area contributed by atoms with E-state index in [0.29, 0.717) is 0 Å². The molecular weight excluding hydrogens is 238 g/mol. The van der Waals surface area contributed by atoms with Crippen molar-refractivity contribution in [2.45, 2.75) is 11.3 Å². The van der Waals surface area contributed by atoms with Crippen LogP contribution in [0.1, 0.15) is 12.1 Å². The summed E-state index contributed by atoms with van der Waals surface area (Å²) in [5.41, 5.74) is 4.09. The second-order valence-electron chi connectivity index (χ2n) is 2.38. The maximum atomic E-state index is 12.1. The number of pyridine rings is 1. The van der Waals surface area contributed by atoms with Gasteiger partial charge in [0.05, 0.1) is 5.69 Å². The van der Waals surface area contributed by atoms with Gasteiger partial charge in [0, 0.05) is 16.9 Å². The quantitative estimate of drug-likeness (QED) is 0.798. The molecule has 0 bridgehead atoms. The van der Waals surface area contributed by atoms with Crippen LogP contribution in [-0.2, 0) is 9.05 Å². The number of aromatic nitrogens is 1. The van der Waals surface area contributed by atoms with Crippen molar-refractivity contribution in [3.63, 3.8) is 0 Å². The van der Waals surface area contributed by atoms with E-state index in [1.54, 1.807) is 0 Å². The van der Waals surface area contributed by atoms with E-state index in [9.17, 15) is 17.2 Å². The van der Waals surface area contributed by atoms with Crippen LogP contribution >= 0.6 is 10.7 Å². The molecule has 0 aromatic carbocycles. The fraction of sp³-hybridized carbons (Fsp3) is 0.167. The van der Waals surface area contributed by atoms with Crippen LogP contribution in [0.15, 0.2) is 17.2 Å². The summed E-state index contributed by atoms with van der Waals surface area (Å²) in [4.78, 5) is 2.80. The van der Waals surface area contributed by atoms with E-state index < -0.39 is 31.8 Å². The molecule has 1 heterocycles. The van der Waals surface area contributed by atoms with Gasteiger partial charge in [0.15, 0.2) is 0 Å². The third-order valence-corrected chi connectivity index (χ3v) is 2.73. The molecule has 0 atom stereocenters. The van der Waals surface area contributed by atoms with Crippen LogP contribution in [0.3, 0.4) is 0 Å². The summed E-state index contributed by atoms with van der Waals surface area (Å²) in [6, 6.07) is 0.844. The molecule has 78 valence electrons. The zero-order chi connectivity index (χ0) is 10.9. The van der Waals surface area contributed by atoms with Crippen LogP contribution < -0.4 is 5.73 Å². The molecule has 0 saturated heterocycles. The third-order valence-electron chi connectivity index (χ3n) is 1.41. The van der Waals surface area contributed by atoms with Gasteiger partial charge >= 0.3 is 0 Å². The summed E-state index contributed by atoms with van der Waals surface area (Å²) in [7, 11) is 0.969. The smallest absolute Gasteiger partial charge is 0.282 e. The SMILES string of the molecule is Nc1cc(S(=O)(=O)Cl)cnc1C(F)F. The van der Waals surface area contributed by atoms with E-state index in [1.165, 1.54) is 0 Å². The van der Waals surface area contributed by atoms with Crippen molar-refractivity contribution in [1.82, 2.24) is 4.98 Å². The van der Waals surface area contributed by atoms with Crippen LogP contribution in [-0.4, -0.2) is 13.4 Å². The fourth-order valence-corrected chi connectivity index (χ4v) is 1.49. The molecular formula is C6H5ClF2N2O2S. The lowest BCUT2D eigenvalue weighted by atomic mass is 10.3. The molecule has 0 aliphatic heterocycles. The molecule has 1 aromatic heterocycles. The molecule has 4 nitrogen and oxygen atoms in total. The van der Waals surface area contributed by atoms with Gasteiger partial charge in [-0.1, -0.05) is 0 Å². The molecule has 0 aliphatic carbocycles. The summed E-state index contributed by atoms with van der Waals surface area (Å²) in [5.74, 6) is 0. The standard InChI is InChI=1S/C6H5ClF2N2O2S/c7-14(12,13)3-1-4(10)5(6(8)9)11-2-3/h1-2,6H,10H2. The Morgan fingerprint density at radius 2 is 2.07 bits per heavy atom. The predicted octanol–water partition coefficient (Wildman–Crippen LogP) is 1.53. The van der Waals surface area contributed by atoms with Crippen molar-refractivity contribution < 1.29 is 17.2 Å². The van der Waals surface area contributed by atoms with Crippen LogP contribution in [0.2, 0.25) is 0 Å². The third kappa shape index (κ3) is 2.30. The molecule has 0 unspecified atom stereocenters. The van der Waals surface area contributed by atoms with Crippen LogP contribution in [0.4, 0.5) is 14.5 Å². The van der Waals surface area contributed by atoms with Gasteiger partial charge in [-0.05, 0) is 6.07 Å². The first-order valence-corrected chi connectivity index (χ1v) is 5.61. The lowest BCUT2D eigenvalue weighted by Gasteiger charge is -2.03. The first-order valence-electron chi connectivity index (χ1n) is 3.30. The van der Waals surface area contributed by atoms with Gasteiger partial charge in [-0.15, -0.1) is 0 Å². The molecule has 0 saturated carbocycles. The van der Waals surface area contributed by atoms with Crippen molar-refractivity contribution in [3.05, 3.63) is 18.0 Å². The van der Waals surface area contributed by atoms with Gasteiger partial charge < -0.3 is 5.73 Å². The Morgan fingerprint density at radius 1 is 1.50 bits per heavy atom. The molecule has 0 aliphatic rings. The molecule has 8 heteroatoms. The number of anilines is 1. The average molecular weight is 243 g/mol. The number of hydrogen-bond acceptors (Lipinski definition) is 4. The normalized spacial score (nSPS) is 12.0. The Hall–Kier alpha value is -0.950. The molecule has 0 fully saturated rings. The molecule has 14 heavy (non-hydrogen) atoms. The Balaban J connectivity index is 3.27. The number of alkyl halides is 2. The number of nitrogen functional groups attached to an aromatic ring is 1. The van der Waals surface area contributed by atoms with E-state index in [4.69, 9.17) is 16.4 Å². The minimum atomic E-state index is -3.98. The van der Waals surface area contributed by atoms with E-state index in [0.717, 1.165) is 12.3 Å². The molecule has 0 spiro atoms. The van der Waals surface area contributed by atoms with Crippen LogP contribution in [0, 0.1) is 0 Å². The van der Waals surface area contributed by atoms with E-state index in [2.05, 4.69) is 4.98 Å². The summed E-state index contributed by atoms with van der Waals surface area (Å²) < 4.78 is 45.8. The Bertz CT molecular complexity index is 449. The molecule has 2 N–H and O–H groups in total. The lowest BCUT2D eigenvalue weighted by Crippen LogP contribution is -2.01. The molecule has 0 amide bonds. The number of halogens is 3. The van der Waals surface area contributed by atoms with E-state index in [1.807, 2.05) is 0 Å². The van der Waals surface area contributed by atoms with Gasteiger partial charge in [-0.2, -0.15) is 0 Å². The van der Waals surface area contributed by atoms with Crippen molar-refractivity contribution in [1.29, 1.82) is 0 Å². The Labute approximate surface area is 83.1 Å². The first kappa shape index (κ1) is 11.1.